The fourth-order valence-electron chi connectivity index (χ4n) is 5.18. The molecule has 2 fully saturated rings. The van der Waals surface area contributed by atoms with Gasteiger partial charge in [-0.15, -0.1) is 0 Å². The lowest BCUT2D eigenvalue weighted by molar-refractivity contribution is -0.139. The van der Waals surface area contributed by atoms with E-state index < -0.39 is 16.1 Å². The van der Waals surface area contributed by atoms with Crippen molar-refractivity contribution in [2.45, 2.75) is 36.6 Å². The second kappa shape index (κ2) is 11.5. The van der Waals surface area contributed by atoms with Gasteiger partial charge < -0.3 is 14.7 Å². The van der Waals surface area contributed by atoms with Gasteiger partial charge in [0, 0.05) is 57.3 Å². The molecule has 0 bridgehead atoms. The number of amides is 2. The first-order chi connectivity index (χ1) is 18.4. The summed E-state index contributed by atoms with van der Waals surface area (Å²) in [5.41, 5.74) is 1.05. The number of anilines is 1. The number of pyridine rings is 1. The smallest absolute Gasteiger partial charge is 0.241 e. The van der Waals surface area contributed by atoms with Crippen molar-refractivity contribution in [1.29, 1.82) is 0 Å². The van der Waals surface area contributed by atoms with Gasteiger partial charge in [0.05, 0.1) is 11.3 Å². The molecule has 0 aliphatic carbocycles. The molecule has 0 spiro atoms. The van der Waals surface area contributed by atoms with Crippen LogP contribution in [-0.2, 0) is 19.6 Å². The van der Waals surface area contributed by atoms with Gasteiger partial charge in [-0.3, -0.25) is 14.6 Å². The molecule has 10 heteroatoms. The SMILES string of the molecule is O=C(CC(NS(=O)(=O)c1ccc2ccccc2c1)C(=O)N1CCCCC1)N1CCN(c2ccncc2)CC1. The Hall–Kier alpha value is -3.50. The number of nitrogens with one attached hydrogen (secondary N) is 1. The average molecular weight is 536 g/mol. The van der Waals surface area contributed by atoms with Gasteiger partial charge in [0.2, 0.25) is 21.8 Å². The molecule has 3 heterocycles. The molecule has 0 radical (unpaired) electrons. The van der Waals surface area contributed by atoms with Crippen LogP contribution in [0.2, 0.25) is 0 Å². The van der Waals surface area contributed by atoms with Crippen molar-refractivity contribution in [3.8, 4) is 0 Å². The highest BCUT2D eigenvalue weighted by molar-refractivity contribution is 7.89. The Balaban J connectivity index is 1.31. The summed E-state index contributed by atoms with van der Waals surface area (Å²) >= 11 is 0. The average Bonchev–Trinajstić information content (AvgIpc) is 2.97. The predicted octanol–water partition coefficient (Wildman–Crippen LogP) is 2.63. The fourth-order valence-corrected chi connectivity index (χ4v) is 6.40. The molecule has 0 saturated carbocycles. The molecule has 2 aliphatic heterocycles. The molecular formula is C28H33N5O4S. The molecule has 5 rings (SSSR count). The molecule has 38 heavy (non-hydrogen) atoms. The molecule has 200 valence electrons. The van der Waals surface area contributed by atoms with Gasteiger partial charge in [-0.05, 0) is 54.3 Å². The summed E-state index contributed by atoms with van der Waals surface area (Å²) < 4.78 is 29.4. The van der Waals surface area contributed by atoms with Crippen LogP contribution in [0, 0.1) is 0 Å². The Kier molecular flexibility index (Phi) is 7.90. The first-order valence-electron chi connectivity index (χ1n) is 13.1. The standard InChI is InChI=1S/C28H33N5O4S/c34-27(32-18-16-31(17-19-32)24-10-12-29-13-11-24)21-26(28(35)33-14-4-1-5-15-33)30-38(36,37)25-9-8-22-6-2-3-7-23(22)20-25/h2-3,6-13,20,26,30H,1,4-5,14-19,21H2. The molecule has 2 aliphatic rings. The minimum absolute atomic E-state index is 0.0751. The number of sulfonamides is 1. The Morgan fingerprint density at radius 3 is 2.21 bits per heavy atom. The van der Waals surface area contributed by atoms with E-state index >= 15 is 0 Å². The van der Waals surface area contributed by atoms with E-state index in [-0.39, 0.29) is 23.1 Å². The molecule has 3 aromatic rings. The third-order valence-electron chi connectivity index (χ3n) is 7.33. The van der Waals surface area contributed by atoms with Gasteiger partial charge in [-0.1, -0.05) is 30.3 Å². The Bertz CT molecular complexity index is 1380. The van der Waals surface area contributed by atoms with Gasteiger partial charge >= 0.3 is 0 Å². The summed E-state index contributed by atoms with van der Waals surface area (Å²) in [4.78, 5) is 36.5. The maximum absolute atomic E-state index is 13.5. The zero-order valence-electron chi connectivity index (χ0n) is 21.3. The second-order valence-corrected chi connectivity index (χ2v) is 11.6. The number of hydrogen-bond donors (Lipinski definition) is 1. The van der Waals surface area contributed by atoms with E-state index in [1.807, 2.05) is 36.4 Å². The first-order valence-corrected chi connectivity index (χ1v) is 14.6. The van der Waals surface area contributed by atoms with E-state index in [1.165, 1.54) is 6.07 Å². The van der Waals surface area contributed by atoms with Crippen LogP contribution >= 0.6 is 0 Å². The zero-order chi connectivity index (χ0) is 26.5. The van der Waals surface area contributed by atoms with Crippen molar-refractivity contribution in [1.82, 2.24) is 19.5 Å². The van der Waals surface area contributed by atoms with Crippen LogP contribution in [0.1, 0.15) is 25.7 Å². The van der Waals surface area contributed by atoms with Crippen LogP contribution in [0.3, 0.4) is 0 Å². The number of benzene rings is 2. The van der Waals surface area contributed by atoms with Gasteiger partial charge in [0.15, 0.2) is 0 Å². The highest BCUT2D eigenvalue weighted by Gasteiger charge is 2.34. The van der Waals surface area contributed by atoms with Crippen molar-refractivity contribution in [3.63, 3.8) is 0 Å². The zero-order valence-corrected chi connectivity index (χ0v) is 22.1. The minimum Gasteiger partial charge on any atom is -0.368 e. The van der Waals surface area contributed by atoms with Crippen molar-refractivity contribution in [2.75, 3.05) is 44.2 Å². The normalized spacial score (nSPS) is 17.4. The number of carbonyl (C=O) groups excluding carboxylic acids is 2. The summed E-state index contributed by atoms with van der Waals surface area (Å²) in [6.07, 6.45) is 6.06. The second-order valence-electron chi connectivity index (χ2n) is 9.85. The highest BCUT2D eigenvalue weighted by atomic mass is 32.2. The van der Waals surface area contributed by atoms with E-state index in [0.717, 1.165) is 35.7 Å². The monoisotopic (exact) mass is 535 g/mol. The number of hydrogen-bond acceptors (Lipinski definition) is 6. The van der Waals surface area contributed by atoms with Crippen LogP contribution in [0.25, 0.3) is 10.8 Å². The maximum Gasteiger partial charge on any atom is 0.241 e. The summed E-state index contributed by atoms with van der Waals surface area (Å²) in [6, 6.07) is 15.1. The minimum atomic E-state index is -4.04. The molecule has 2 saturated heterocycles. The van der Waals surface area contributed by atoms with Gasteiger partial charge in [0.25, 0.3) is 0 Å². The van der Waals surface area contributed by atoms with E-state index in [4.69, 9.17) is 0 Å². The van der Waals surface area contributed by atoms with E-state index in [9.17, 15) is 18.0 Å². The molecule has 1 atom stereocenters. The van der Waals surface area contributed by atoms with Crippen LogP contribution in [0.5, 0.6) is 0 Å². The van der Waals surface area contributed by atoms with Gasteiger partial charge in [-0.25, -0.2) is 8.42 Å². The lowest BCUT2D eigenvalue weighted by Crippen LogP contribution is -2.54. The number of nitrogens with zero attached hydrogens (tertiary/aromatic N) is 4. The summed E-state index contributed by atoms with van der Waals surface area (Å²) in [6.45, 7) is 3.47. The molecule has 9 nitrogen and oxygen atoms in total. The van der Waals surface area contributed by atoms with Crippen molar-refractivity contribution in [2.24, 2.45) is 0 Å². The van der Waals surface area contributed by atoms with Crippen molar-refractivity contribution < 1.29 is 18.0 Å². The fraction of sp³-hybridized carbons (Fsp3) is 0.393. The van der Waals surface area contributed by atoms with E-state index in [1.54, 1.807) is 34.3 Å². The van der Waals surface area contributed by atoms with E-state index in [2.05, 4.69) is 14.6 Å². The van der Waals surface area contributed by atoms with Crippen molar-refractivity contribution in [3.05, 3.63) is 67.0 Å². The molecular weight excluding hydrogens is 502 g/mol. The molecule has 1 unspecified atom stereocenters. The van der Waals surface area contributed by atoms with Gasteiger partial charge in [-0.2, -0.15) is 4.72 Å². The molecule has 2 amide bonds. The molecule has 2 aromatic carbocycles. The molecule has 1 N–H and O–H groups in total. The number of piperidine rings is 1. The lowest BCUT2D eigenvalue weighted by Gasteiger charge is -2.37. The van der Waals surface area contributed by atoms with Crippen LogP contribution in [-0.4, -0.2) is 80.3 Å². The summed E-state index contributed by atoms with van der Waals surface area (Å²) in [7, 11) is -4.04. The number of rotatable bonds is 7. The summed E-state index contributed by atoms with van der Waals surface area (Å²) in [5.74, 6) is -0.561. The quantitative estimate of drug-likeness (QED) is 0.499. The lowest BCUT2D eigenvalue weighted by atomic mass is 10.1. The predicted molar refractivity (Wildman–Crippen MR) is 146 cm³/mol. The third kappa shape index (κ3) is 5.97. The van der Waals surface area contributed by atoms with Crippen LogP contribution in [0.4, 0.5) is 5.69 Å². The van der Waals surface area contributed by atoms with E-state index in [0.29, 0.717) is 39.3 Å². The van der Waals surface area contributed by atoms with Crippen LogP contribution in [0.15, 0.2) is 71.9 Å². The van der Waals surface area contributed by atoms with Gasteiger partial charge in [0.1, 0.15) is 6.04 Å². The molecule has 1 aromatic heterocycles. The largest absolute Gasteiger partial charge is 0.368 e. The number of aromatic nitrogens is 1. The number of likely N-dealkylation sites (tertiary alicyclic amines) is 1. The third-order valence-corrected chi connectivity index (χ3v) is 8.80. The first kappa shape index (κ1) is 26.1. The number of fused-ring (bicyclic) bond motifs is 1. The topological polar surface area (TPSA) is 103 Å². The van der Waals surface area contributed by atoms with Crippen LogP contribution < -0.4 is 9.62 Å². The Labute approximate surface area is 223 Å². The Morgan fingerprint density at radius 2 is 1.50 bits per heavy atom. The number of carbonyl (C=O) groups is 2. The number of piperazine rings is 1. The Morgan fingerprint density at radius 1 is 0.816 bits per heavy atom. The van der Waals surface area contributed by atoms with Crippen molar-refractivity contribution >= 4 is 38.3 Å². The highest BCUT2D eigenvalue weighted by Crippen LogP contribution is 2.21. The summed E-state index contributed by atoms with van der Waals surface area (Å²) in [5, 5.41) is 1.71. The maximum atomic E-state index is 13.5.